The van der Waals surface area contributed by atoms with Crippen molar-refractivity contribution in [3.05, 3.63) is 11.8 Å². The zero-order valence-electron chi connectivity index (χ0n) is 9.19. The number of hydrogen-bond donors (Lipinski definition) is 4. The van der Waals surface area contributed by atoms with Gasteiger partial charge in [0.2, 0.25) is 5.91 Å². The number of carbonyl (C=O) groups is 2. The molecule has 1 saturated heterocycles. The molecule has 1 amide bonds. The molecule has 7 nitrogen and oxygen atoms in total. The predicted molar refractivity (Wildman–Crippen MR) is 59.8 cm³/mol. The molecule has 92 valence electrons. The van der Waals surface area contributed by atoms with Gasteiger partial charge in [-0.25, -0.2) is 4.79 Å². The van der Waals surface area contributed by atoms with Gasteiger partial charge in [-0.3, -0.25) is 9.89 Å². The van der Waals surface area contributed by atoms with E-state index in [1.165, 1.54) is 6.20 Å². The van der Waals surface area contributed by atoms with Gasteiger partial charge in [0, 0.05) is 5.92 Å². The smallest absolute Gasteiger partial charge is 0.341 e. The molecule has 0 bridgehead atoms. The van der Waals surface area contributed by atoms with Gasteiger partial charge < -0.3 is 15.7 Å². The average molecular weight is 238 g/mol. The molecule has 1 aliphatic rings. The maximum Gasteiger partial charge on any atom is 0.341 e. The lowest BCUT2D eigenvalue weighted by Gasteiger charge is -2.21. The minimum Gasteiger partial charge on any atom is -0.477 e. The average Bonchev–Trinajstić information content (AvgIpc) is 2.78. The summed E-state index contributed by atoms with van der Waals surface area (Å²) in [6, 6.07) is 0. The van der Waals surface area contributed by atoms with Crippen molar-refractivity contribution in [1.29, 1.82) is 0 Å². The molecule has 1 aromatic heterocycles. The van der Waals surface area contributed by atoms with Crippen molar-refractivity contribution in [3.63, 3.8) is 0 Å². The molecule has 17 heavy (non-hydrogen) atoms. The first-order valence-electron chi connectivity index (χ1n) is 5.46. The zero-order chi connectivity index (χ0) is 12.3. The number of aromatic nitrogens is 2. The molecular formula is C10H14N4O3. The summed E-state index contributed by atoms with van der Waals surface area (Å²) < 4.78 is 0. The number of piperidine rings is 1. The van der Waals surface area contributed by atoms with Crippen LogP contribution in [-0.2, 0) is 4.79 Å². The normalized spacial score (nSPS) is 16.7. The quantitative estimate of drug-likeness (QED) is 0.595. The van der Waals surface area contributed by atoms with Gasteiger partial charge in [-0.05, 0) is 25.9 Å². The van der Waals surface area contributed by atoms with Gasteiger partial charge in [0.25, 0.3) is 0 Å². The summed E-state index contributed by atoms with van der Waals surface area (Å²) in [6.45, 7) is 1.62. The lowest BCUT2D eigenvalue weighted by atomic mass is 9.97. The standard InChI is InChI=1S/C10H14N4O3/c15-9(6-1-3-11-4-2-6)13-8-7(10(16)17)5-12-14-8/h5-6,11H,1-4H2,(H,16,17)(H2,12,13,14,15). The Morgan fingerprint density at radius 1 is 1.41 bits per heavy atom. The number of carboxylic acids is 1. The predicted octanol–water partition coefficient (Wildman–Crippen LogP) is 0.0460. The molecule has 0 unspecified atom stereocenters. The first-order chi connectivity index (χ1) is 8.18. The molecule has 7 heteroatoms. The van der Waals surface area contributed by atoms with Crippen molar-refractivity contribution in [2.75, 3.05) is 18.4 Å². The highest BCUT2D eigenvalue weighted by Crippen LogP contribution is 2.16. The van der Waals surface area contributed by atoms with Crippen molar-refractivity contribution in [2.24, 2.45) is 5.92 Å². The highest BCUT2D eigenvalue weighted by molar-refractivity contribution is 5.99. The van der Waals surface area contributed by atoms with E-state index in [0.717, 1.165) is 25.9 Å². The molecule has 0 spiro atoms. The third-order valence-corrected chi connectivity index (χ3v) is 2.83. The highest BCUT2D eigenvalue weighted by atomic mass is 16.4. The minimum absolute atomic E-state index is 0.0210. The Balaban J connectivity index is 2.02. The molecule has 4 N–H and O–H groups in total. The van der Waals surface area contributed by atoms with Crippen LogP contribution in [0.15, 0.2) is 6.20 Å². The lowest BCUT2D eigenvalue weighted by Crippen LogP contribution is -2.34. The number of aromatic amines is 1. The molecular weight excluding hydrogens is 224 g/mol. The Kier molecular flexibility index (Phi) is 3.38. The van der Waals surface area contributed by atoms with Gasteiger partial charge in [0.05, 0.1) is 6.20 Å². The van der Waals surface area contributed by atoms with Gasteiger partial charge in [-0.2, -0.15) is 5.10 Å². The minimum atomic E-state index is -1.11. The fourth-order valence-electron chi connectivity index (χ4n) is 1.85. The molecule has 0 atom stereocenters. The summed E-state index contributed by atoms with van der Waals surface area (Å²) in [6.07, 6.45) is 2.71. The second-order valence-electron chi connectivity index (χ2n) is 3.98. The van der Waals surface area contributed by atoms with E-state index in [1.807, 2.05) is 0 Å². The van der Waals surface area contributed by atoms with Crippen LogP contribution in [0.1, 0.15) is 23.2 Å². The van der Waals surface area contributed by atoms with E-state index in [-0.39, 0.29) is 23.2 Å². The van der Waals surface area contributed by atoms with E-state index in [4.69, 9.17) is 5.11 Å². The molecule has 0 aromatic carbocycles. The van der Waals surface area contributed by atoms with Crippen LogP contribution in [-0.4, -0.2) is 40.3 Å². The molecule has 2 heterocycles. The second-order valence-corrected chi connectivity index (χ2v) is 3.98. The maximum absolute atomic E-state index is 11.9. The summed E-state index contributed by atoms with van der Waals surface area (Å²) >= 11 is 0. The summed E-state index contributed by atoms with van der Waals surface area (Å²) in [5.74, 6) is -1.18. The van der Waals surface area contributed by atoms with E-state index in [2.05, 4.69) is 20.8 Å². The third kappa shape index (κ3) is 2.62. The van der Waals surface area contributed by atoms with Crippen LogP contribution in [0, 0.1) is 5.92 Å². The van der Waals surface area contributed by atoms with Crippen LogP contribution in [0.2, 0.25) is 0 Å². The Bertz CT molecular complexity index is 423. The number of hydrogen-bond acceptors (Lipinski definition) is 4. The van der Waals surface area contributed by atoms with Crippen LogP contribution in [0.4, 0.5) is 5.82 Å². The molecule has 1 aromatic rings. The molecule has 0 saturated carbocycles. The molecule has 1 aliphatic heterocycles. The molecule has 0 radical (unpaired) electrons. The van der Waals surface area contributed by atoms with Crippen molar-refractivity contribution in [1.82, 2.24) is 15.5 Å². The summed E-state index contributed by atoms with van der Waals surface area (Å²) in [5, 5.41) is 20.7. The number of anilines is 1. The SMILES string of the molecule is O=C(O)c1cn[nH]c1NC(=O)C1CCNCC1. The Morgan fingerprint density at radius 2 is 2.12 bits per heavy atom. The number of nitrogens with zero attached hydrogens (tertiary/aromatic N) is 1. The first kappa shape index (κ1) is 11.6. The van der Waals surface area contributed by atoms with Crippen molar-refractivity contribution in [3.8, 4) is 0 Å². The van der Waals surface area contributed by atoms with Crippen molar-refractivity contribution >= 4 is 17.7 Å². The van der Waals surface area contributed by atoms with E-state index in [1.54, 1.807) is 0 Å². The summed E-state index contributed by atoms with van der Waals surface area (Å²) in [7, 11) is 0. The number of amides is 1. The van der Waals surface area contributed by atoms with E-state index in [0.29, 0.717) is 0 Å². The van der Waals surface area contributed by atoms with Crippen LogP contribution < -0.4 is 10.6 Å². The number of aromatic carboxylic acids is 1. The maximum atomic E-state index is 11.9. The Labute approximate surface area is 97.6 Å². The molecule has 0 aliphatic carbocycles. The van der Waals surface area contributed by atoms with Crippen LogP contribution in [0.5, 0.6) is 0 Å². The van der Waals surface area contributed by atoms with Gasteiger partial charge in [-0.1, -0.05) is 0 Å². The summed E-state index contributed by atoms with van der Waals surface area (Å²) in [5.41, 5.74) is -0.0210. The molecule has 2 rings (SSSR count). The zero-order valence-corrected chi connectivity index (χ0v) is 9.19. The van der Waals surface area contributed by atoms with Crippen LogP contribution >= 0.6 is 0 Å². The number of H-pyrrole nitrogens is 1. The second kappa shape index (κ2) is 4.96. The highest BCUT2D eigenvalue weighted by Gasteiger charge is 2.23. The van der Waals surface area contributed by atoms with Gasteiger partial charge in [0.1, 0.15) is 11.4 Å². The third-order valence-electron chi connectivity index (χ3n) is 2.83. The van der Waals surface area contributed by atoms with Gasteiger partial charge in [-0.15, -0.1) is 0 Å². The topological polar surface area (TPSA) is 107 Å². The Hall–Kier alpha value is -1.89. The monoisotopic (exact) mass is 238 g/mol. The van der Waals surface area contributed by atoms with E-state index < -0.39 is 5.97 Å². The first-order valence-corrected chi connectivity index (χ1v) is 5.46. The lowest BCUT2D eigenvalue weighted by molar-refractivity contribution is -0.120. The fourth-order valence-corrected chi connectivity index (χ4v) is 1.85. The van der Waals surface area contributed by atoms with E-state index in [9.17, 15) is 9.59 Å². The Morgan fingerprint density at radius 3 is 2.76 bits per heavy atom. The number of carboxylic acid groups (broad SMARTS) is 1. The van der Waals surface area contributed by atoms with Crippen molar-refractivity contribution < 1.29 is 14.7 Å². The number of rotatable bonds is 3. The van der Waals surface area contributed by atoms with Gasteiger partial charge in [0.15, 0.2) is 0 Å². The van der Waals surface area contributed by atoms with E-state index >= 15 is 0 Å². The van der Waals surface area contributed by atoms with Crippen molar-refractivity contribution in [2.45, 2.75) is 12.8 Å². The van der Waals surface area contributed by atoms with Crippen LogP contribution in [0.25, 0.3) is 0 Å². The molecule has 1 fully saturated rings. The number of carbonyl (C=O) groups excluding carboxylic acids is 1. The van der Waals surface area contributed by atoms with Crippen LogP contribution in [0.3, 0.4) is 0 Å². The van der Waals surface area contributed by atoms with Gasteiger partial charge >= 0.3 is 5.97 Å². The number of nitrogens with one attached hydrogen (secondary N) is 3. The fraction of sp³-hybridized carbons (Fsp3) is 0.500. The largest absolute Gasteiger partial charge is 0.477 e. The summed E-state index contributed by atoms with van der Waals surface area (Å²) in [4.78, 5) is 22.7.